The summed E-state index contributed by atoms with van der Waals surface area (Å²) < 4.78 is 5.38. The van der Waals surface area contributed by atoms with Gasteiger partial charge < -0.3 is 15.1 Å². The van der Waals surface area contributed by atoms with Crippen LogP contribution in [0.3, 0.4) is 0 Å². The molecule has 0 aromatic carbocycles. The van der Waals surface area contributed by atoms with Gasteiger partial charge in [-0.05, 0) is 12.5 Å². The highest BCUT2D eigenvalue weighted by molar-refractivity contribution is 5.99. The van der Waals surface area contributed by atoms with E-state index in [2.05, 4.69) is 15.3 Å². The Hall–Kier alpha value is -1.70. The zero-order valence-corrected chi connectivity index (χ0v) is 12.0. The molecule has 2 saturated heterocycles. The Morgan fingerprint density at radius 1 is 1.38 bits per heavy atom. The highest BCUT2D eigenvalue weighted by Crippen LogP contribution is 2.21. The molecule has 0 bridgehead atoms. The molecule has 1 aromatic rings. The first-order valence-corrected chi connectivity index (χ1v) is 7.31. The second-order valence-electron chi connectivity index (χ2n) is 5.41. The van der Waals surface area contributed by atoms with Crippen LogP contribution in [0, 0.1) is 0 Å². The summed E-state index contributed by atoms with van der Waals surface area (Å²) in [4.78, 5) is 20.9. The Morgan fingerprint density at radius 2 is 2.19 bits per heavy atom. The summed E-state index contributed by atoms with van der Waals surface area (Å²) in [5.41, 5.74) is 3.68. The van der Waals surface area contributed by atoms with E-state index in [-0.39, 0.29) is 5.91 Å². The normalized spacial score (nSPS) is 23.3. The van der Waals surface area contributed by atoms with E-state index >= 15 is 0 Å². The Kier molecular flexibility index (Phi) is 4.33. The SMILES string of the molecule is NNc1cnccc1C(=O)N1CCC(N2CCOCC2)C1. The second-order valence-corrected chi connectivity index (χ2v) is 5.41. The Labute approximate surface area is 124 Å². The molecule has 3 N–H and O–H groups in total. The predicted molar refractivity (Wildman–Crippen MR) is 78.7 cm³/mol. The van der Waals surface area contributed by atoms with Crippen molar-refractivity contribution in [1.29, 1.82) is 0 Å². The maximum absolute atomic E-state index is 12.6. The third kappa shape index (κ3) is 2.99. The van der Waals surface area contributed by atoms with E-state index in [1.54, 1.807) is 18.5 Å². The summed E-state index contributed by atoms with van der Waals surface area (Å²) in [7, 11) is 0. The summed E-state index contributed by atoms with van der Waals surface area (Å²) in [5.74, 6) is 5.46. The lowest BCUT2D eigenvalue weighted by Crippen LogP contribution is -2.45. The van der Waals surface area contributed by atoms with Gasteiger partial charge in [0.1, 0.15) is 0 Å². The van der Waals surface area contributed by atoms with Crippen molar-refractivity contribution in [2.24, 2.45) is 5.84 Å². The first kappa shape index (κ1) is 14.2. The number of anilines is 1. The monoisotopic (exact) mass is 291 g/mol. The highest BCUT2D eigenvalue weighted by Gasteiger charge is 2.32. The van der Waals surface area contributed by atoms with Gasteiger partial charge in [-0.25, -0.2) is 0 Å². The fourth-order valence-corrected chi connectivity index (χ4v) is 3.03. The number of nitrogen functional groups attached to an aromatic ring is 1. The number of likely N-dealkylation sites (tertiary alicyclic amines) is 1. The predicted octanol–water partition coefficient (Wildman–Crippen LogP) is -0.0861. The number of ether oxygens (including phenoxy) is 1. The average Bonchev–Trinajstić information content (AvgIpc) is 3.05. The largest absolute Gasteiger partial charge is 0.379 e. The fourth-order valence-electron chi connectivity index (χ4n) is 3.03. The van der Waals surface area contributed by atoms with Crippen molar-refractivity contribution in [2.45, 2.75) is 12.5 Å². The molecule has 0 saturated carbocycles. The molecule has 3 heterocycles. The van der Waals surface area contributed by atoms with Crippen LogP contribution in [0.1, 0.15) is 16.8 Å². The molecule has 0 aliphatic carbocycles. The number of hydrazine groups is 1. The number of nitrogens with one attached hydrogen (secondary N) is 1. The van der Waals surface area contributed by atoms with Crippen molar-refractivity contribution in [3.8, 4) is 0 Å². The molecule has 1 aromatic heterocycles. The summed E-state index contributed by atoms with van der Waals surface area (Å²) in [5, 5.41) is 0. The third-order valence-electron chi connectivity index (χ3n) is 4.22. The number of morpholine rings is 1. The molecule has 0 radical (unpaired) electrons. The van der Waals surface area contributed by atoms with Gasteiger partial charge in [-0.1, -0.05) is 0 Å². The summed E-state index contributed by atoms with van der Waals surface area (Å²) >= 11 is 0. The molecule has 1 unspecified atom stereocenters. The molecular formula is C14H21N5O2. The van der Waals surface area contributed by atoms with Crippen molar-refractivity contribution in [2.75, 3.05) is 44.8 Å². The molecular weight excluding hydrogens is 270 g/mol. The van der Waals surface area contributed by atoms with Gasteiger partial charge in [0, 0.05) is 38.4 Å². The van der Waals surface area contributed by atoms with Gasteiger partial charge in [0.2, 0.25) is 0 Å². The number of hydrogen-bond donors (Lipinski definition) is 2. The number of carbonyl (C=O) groups excluding carboxylic acids is 1. The van der Waals surface area contributed by atoms with E-state index in [9.17, 15) is 4.79 Å². The number of pyridine rings is 1. The minimum atomic E-state index is 0.0149. The highest BCUT2D eigenvalue weighted by atomic mass is 16.5. The van der Waals surface area contributed by atoms with E-state index in [1.165, 1.54) is 0 Å². The van der Waals surface area contributed by atoms with Gasteiger partial charge in [0.15, 0.2) is 0 Å². The lowest BCUT2D eigenvalue weighted by molar-refractivity contribution is 0.0185. The lowest BCUT2D eigenvalue weighted by atomic mass is 10.2. The molecule has 0 spiro atoms. The smallest absolute Gasteiger partial charge is 0.256 e. The number of nitrogens with two attached hydrogens (primary N) is 1. The zero-order valence-electron chi connectivity index (χ0n) is 12.0. The van der Waals surface area contributed by atoms with Crippen molar-refractivity contribution >= 4 is 11.6 Å². The van der Waals surface area contributed by atoms with Crippen LogP contribution in [-0.4, -0.2) is 66.1 Å². The molecule has 7 heteroatoms. The molecule has 1 amide bonds. The topological polar surface area (TPSA) is 83.7 Å². The minimum Gasteiger partial charge on any atom is -0.379 e. The fraction of sp³-hybridized carbons (Fsp3) is 0.571. The van der Waals surface area contributed by atoms with Gasteiger partial charge in [0.25, 0.3) is 5.91 Å². The van der Waals surface area contributed by atoms with Crippen molar-refractivity contribution in [3.05, 3.63) is 24.0 Å². The molecule has 114 valence electrons. The van der Waals surface area contributed by atoms with E-state index in [1.807, 2.05) is 4.90 Å². The molecule has 3 rings (SSSR count). The summed E-state index contributed by atoms with van der Waals surface area (Å²) in [6, 6.07) is 2.15. The van der Waals surface area contributed by atoms with Gasteiger partial charge in [-0.15, -0.1) is 0 Å². The van der Waals surface area contributed by atoms with Crippen molar-refractivity contribution in [1.82, 2.24) is 14.8 Å². The van der Waals surface area contributed by atoms with Crippen LogP contribution in [0.25, 0.3) is 0 Å². The minimum absolute atomic E-state index is 0.0149. The van der Waals surface area contributed by atoms with Crippen molar-refractivity contribution in [3.63, 3.8) is 0 Å². The Bertz CT molecular complexity index is 504. The lowest BCUT2D eigenvalue weighted by Gasteiger charge is -2.32. The third-order valence-corrected chi connectivity index (χ3v) is 4.22. The summed E-state index contributed by atoms with van der Waals surface area (Å²) in [6.45, 7) is 5.04. The van der Waals surface area contributed by atoms with Crippen LogP contribution < -0.4 is 11.3 Å². The van der Waals surface area contributed by atoms with Crippen LogP contribution in [0.2, 0.25) is 0 Å². The maximum atomic E-state index is 12.6. The van der Waals surface area contributed by atoms with Gasteiger partial charge in [-0.3, -0.25) is 20.5 Å². The number of rotatable bonds is 3. The first-order chi connectivity index (χ1) is 10.3. The number of hydrogen-bond acceptors (Lipinski definition) is 6. The van der Waals surface area contributed by atoms with Gasteiger partial charge in [-0.2, -0.15) is 0 Å². The van der Waals surface area contributed by atoms with Gasteiger partial charge >= 0.3 is 0 Å². The quantitative estimate of drug-likeness (QED) is 0.598. The molecule has 21 heavy (non-hydrogen) atoms. The van der Waals surface area contributed by atoms with E-state index in [0.29, 0.717) is 17.3 Å². The number of nitrogens with zero attached hydrogens (tertiary/aromatic N) is 3. The second kappa shape index (κ2) is 6.38. The van der Waals surface area contributed by atoms with Gasteiger partial charge in [0.05, 0.1) is 30.7 Å². The van der Waals surface area contributed by atoms with E-state index in [4.69, 9.17) is 10.6 Å². The maximum Gasteiger partial charge on any atom is 0.256 e. The molecule has 7 nitrogen and oxygen atoms in total. The van der Waals surface area contributed by atoms with Crippen LogP contribution >= 0.6 is 0 Å². The number of amides is 1. The van der Waals surface area contributed by atoms with Crippen LogP contribution in [-0.2, 0) is 4.74 Å². The molecule has 1 atom stereocenters. The summed E-state index contributed by atoms with van der Waals surface area (Å²) in [6.07, 6.45) is 4.20. The zero-order chi connectivity index (χ0) is 14.7. The van der Waals surface area contributed by atoms with Crippen LogP contribution in [0.5, 0.6) is 0 Å². The number of carbonyl (C=O) groups is 1. The first-order valence-electron chi connectivity index (χ1n) is 7.31. The molecule has 2 aliphatic rings. The average molecular weight is 291 g/mol. The van der Waals surface area contributed by atoms with Crippen molar-refractivity contribution < 1.29 is 9.53 Å². The van der Waals surface area contributed by atoms with E-state index in [0.717, 1.165) is 45.8 Å². The standard InChI is InChI=1S/C14H21N5O2/c15-17-13-9-16-3-1-12(13)14(20)19-4-2-11(10-19)18-5-7-21-8-6-18/h1,3,9,11,17H,2,4-8,10,15H2. The van der Waals surface area contributed by atoms with Crippen LogP contribution in [0.15, 0.2) is 18.5 Å². The Morgan fingerprint density at radius 3 is 2.95 bits per heavy atom. The Balaban J connectivity index is 1.66. The molecule has 2 fully saturated rings. The molecule has 2 aliphatic heterocycles. The number of aromatic nitrogens is 1. The van der Waals surface area contributed by atoms with E-state index < -0.39 is 0 Å². The van der Waals surface area contributed by atoms with Crippen LogP contribution in [0.4, 0.5) is 5.69 Å².